The third-order valence-electron chi connectivity index (χ3n) is 2.75. The number of hydrogen-bond acceptors (Lipinski definition) is 3. The first-order chi connectivity index (χ1) is 8.31. The molecule has 0 saturated heterocycles. The largest absolute Gasteiger partial charge is 0.382 e. The van der Waals surface area contributed by atoms with Crippen molar-refractivity contribution in [1.82, 2.24) is 4.98 Å². The van der Waals surface area contributed by atoms with Crippen molar-refractivity contribution in [2.75, 3.05) is 17.2 Å². The van der Waals surface area contributed by atoms with Gasteiger partial charge in [0.25, 0.3) is 0 Å². The maximum absolute atomic E-state index is 5.90. The van der Waals surface area contributed by atoms with Gasteiger partial charge in [0.1, 0.15) is 5.82 Å². The molecule has 1 heterocycles. The van der Waals surface area contributed by atoms with E-state index in [0.717, 1.165) is 18.8 Å². The lowest BCUT2D eigenvalue weighted by Crippen LogP contribution is -2.23. The van der Waals surface area contributed by atoms with Gasteiger partial charge in [0.2, 0.25) is 0 Å². The van der Waals surface area contributed by atoms with Crippen molar-refractivity contribution in [3.63, 3.8) is 0 Å². The van der Waals surface area contributed by atoms with E-state index in [2.05, 4.69) is 41.1 Å². The van der Waals surface area contributed by atoms with E-state index in [9.17, 15) is 0 Å². The maximum Gasteiger partial charge on any atom is 0.146 e. The van der Waals surface area contributed by atoms with Crippen molar-refractivity contribution >= 4 is 11.5 Å². The molecule has 0 bridgehead atoms. The fourth-order valence-corrected chi connectivity index (χ4v) is 1.85. The van der Waals surface area contributed by atoms with Crippen molar-refractivity contribution in [3.05, 3.63) is 54.2 Å². The number of nitrogens with two attached hydrogens (primary N) is 1. The molecular weight excluding hydrogens is 210 g/mol. The van der Waals surface area contributed by atoms with Crippen LogP contribution in [-0.4, -0.2) is 11.5 Å². The zero-order chi connectivity index (χ0) is 12.1. The molecule has 1 aromatic carbocycles. The molecule has 2 rings (SSSR count). The average molecular weight is 227 g/mol. The number of nitrogen functional groups attached to an aromatic ring is 1. The van der Waals surface area contributed by atoms with E-state index >= 15 is 0 Å². The monoisotopic (exact) mass is 227 g/mol. The summed E-state index contributed by atoms with van der Waals surface area (Å²) in [6.07, 6.45) is 1.72. The van der Waals surface area contributed by atoms with Gasteiger partial charge in [0, 0.05) is 19.3 Å². The summed E-state index contributed by atoms with van der Waals surface area (Å²) in [5, 5.41) is 0. The lowest BCUT2D eigenvalue weighted by Gasteiger charge is -2.24. The number of hydrogen-bond donors (Lipinski definition) is 1. The first kappa shape index (κ1) is 11.5. The molecule has 0 amide bonds. The van der Waals surface area contributed by atoms with E-state index in [-0.39, 0.29) is 0 Å². The minimum Gasteiger partial charge on any atom is -0.382 e. The Labute approximate surface area is 102 Å². The Bertz CT molecular complexity index is 468. The van der Waals surface area contributed by atoms with Crippen LogP contribution in [0.4, 0.5) is 11.5 Å². The molecule has 88 valence electrons. The molecule has 0 saturated carbocycles. The predicted molar refractivity (Wildman–Crippen MR) is 71.8 cm³/mol. The molecule has 2 aromatic rings. The highest BCUT2D eigenvalue weighted by molar-refractivity contribution is 5.62. The van der Waals surface area contributed by atoms with Crippen LogP contribution in [0.15, 0.2) is 48.7 Å². The second-order valence-electron chi connectivity index (χ2n) is 3.91. The van der Waals surface area contributed by atoms with Gasteiger partial charge in [-0.25, -0.2) is 4.98 Å². The number of rotatable bonds is 4. The fourth-order valence-electron chi connectivity index (χ4n) is 1.85. The molecule has 0 atom stereocenters. The number of pyridine rings is 1. The van der Waals surface area contributed by atoms with Crippen molar-refractivity contribution in [2.45, 2.75) is 13.5 Å². The first-order valence-corrected chi connectivity index (χ1v) is 5.80. The van der Waals surface area contributed by atoms with E-state index < -0.39 is 0 Å². The molecule has 0 aliphatic carbocycles. The number of anilines is 2. The highest BCUT2D eigenvalue weighted by Crippen LogP contribution is 2.21. The molecule has 0 radical (unpaired) electrons. The van der Waals surface area contributed by atoms with E-state index in [0.29, 0.717) is 5.82 Å². The Hall–Kier alpha value is -2.03. The maximum atomic E-state index is 5.90. The van der Waals surface area contributed by atoms with E-state index in [4.69, 9.17) is 5.73 Å². The summed E-state index contributed by atoms with van der Waals surface area (Å²) in [7, 11) is 0. The lowest BCUT2D eigenvalue weighted by molar-refractivity contribution is 0.831. The SMILES string of the molecule is CCN(Cc1ccccc1)c1cccnc1N. The highest BCUT2D eigenvalue weighted by Gasteiger charge is 2.08. The van der Waals surface area contributed by atoms with Gasteiger partial charge in [-0.1, -0.05) is 30.3 Å². The summed E-state index contributed by atoms with van der Waals surface area (Å²) < 4.78 is 0. The van der Waals surface area contributed by atoms with E-state index in [1.807, 2.05) is 18.2 Å². The van der Waals surface area contributed by atoms with Gasteiger partial charge < -0.3 is 10.6 Å². The molecule has 3 nitrogen and oxygen atoms in total. The summed E-state index contributed by atoms with van der Waals surface area (Å²) in [5.74, 6) is 0.588. The number of nitrogens with zero attached hydrogens (tertiary/aromatic N) is 2. The van der Waals surface area contributed by atoms with Crippen LogP contribution in [-0.2, 0) is 6.54 Å². The Morgan fingerprint density at radius 2 is 1.88 bits per heavy atom. The van der Waals surface area contributed by atoms with Crippen molar-refractivity contribution in [3.8, 4) is 0 Å². The molecule has 3 heteroatoms. The van der Waals surface area contributed by atoms with Gasteiger partial charge in [-0.3, -0.25) is 0 Å². The van der Waals surface area contributed by atoms with Crippen molar-refractivity contribution < 1.29 is 0 Å². The molecule has 1 aromatic heterocycles. The second kappa shape index (κ2) is 5.34. The minimum atomic E-state index is 0.588. The molecule has 0 aliphatic rings. The Morgan fingerprint density at radius 1 is 1.12 bits per heavy atom. The lowest BCUT2D eigenvalue weighted by atomic mass is 10.2. The van der Waals surface area contributed by atoms with Crippen LogP contribution in [0.25, 0.3) is 0 Å². The second-order valence-corrected chi connectivity index (χ2v) is 3.91. The van der Waals surface area contributed by atoms with Crippen LogP contribution >= 0.6 is 0 Å². The van der Waals surface area contributed by atoms with Crippen LogP contribution in [0.2, 0.25) is 0 Å². The Kier molecular flexibility index (Phi) is 3.60. The summed E-state index contributed by atoms with van der Waals surface area (Å²) >= 11 is 0. The highest BCUT2D eigenvalue weighted by atomic mass is 15.1. The average Bonchev–Trinajstić information content (AvgIpc) is 2.38. The van der Waals surface area contributed by atoms with Crippen LogP contribution in [0.1, 0.15) is 12.5 Å². The van der Waals surface area contributed by atoms with Crippen molar-refractivity contribution in [1.29, 1.82) is 0 Å². The van der Waals surface area contributed by atoms with Crippen LogP contribution in [0.5, 0.6) is 0 Å². The topological polar surface area (TPSA) is 42.2 Å². The van der Waals surface area contributed by atoms with Gasteiger partial charge in [0.15, 0.2) is 0 Å². The first-order valence-electron chi connectivity index (χ1n) is 5.80. The predicted octanol–water partition coefficient (Wildman–Crippen LogP) is 2.69. The van der Waals surface area contributed by atoms with Gasteiger partial charge in [-0.15, -0.1) is 0 Å². The fraction of sp³-hybridized carbons (Fsp3) is 0.214. The third kappa shape index (κ3) is 2.75. The summed E-state index contributed by atoms with van der Waals surface area (Å²) in [5.41, 5.74) is 8.17. The zero-order valence-electron chi connectivity index (χ0n) is 10.0. The van der Waals surface area contributed by atoms with Gasteiger partial charge in [-0.05, 0) is 24.6 Å². The number of benzene rings is 1. The quantitative estimate of drug-likeness (QED) is 0.873. The Morgan fingerprint density at radius 3 is 2.53 bits per heavy atom. The smallest absolute Gasteiger partial charge is 0.146 e. The summed E-state index contributed by atoms with van der Waals surface area (Å²) in [6.45, 7) is 3.88. The molecule has 0 unspecified atom stereocenters. The minimum absolute atomic E-state index is 0.588. The normalized spacial score (nSPS) is 10.2. The molecule has 0 fully saturated rings. The number of aromatic nitrogens is 1. The van der Waals surface area contributed by atoms with Crippen LogP contribution in [0.3, 0.4) is 0 Å². The Balaban J connectivity index is 2.21. The standard InChI is InChI=1S/C14H17N3/c1-2-17(11-12-7-4-3-5-8-12)13-9-6-10-16-14(13)15/h3-10H,2,11H2,1H3,(H2,15,16). The summed E-state index contributed by atoms with van der Waals surface area (Å²) in [4.78, 5) is 6.35. The summed E-state index contributed by atoms with van der Waals surface area (Å²) in [6, 6.07) is 14.3. The van der Waals surface area contributed by atoms with Gasteiger partial charge >= 0.3 is 0 Å². The van der Waals surface area contributed by atoms with Gasteiger partial charge in [-0.2, -0.15) is 0 Å². The molecule has 17 heavy (non-hydrogen) atoms. The van der Waals surface area contributed by atoms with Gasteiger partial charge in [0.05, 0.1) is 5.69 Å². The third-order valence-corrected chi connectivity index (χ3v) is 2.75. The molecule has 0 spiro atoms. The molecule has 0 aliphatic heterocycles. The zero-order valence-corrected chi connectivity index (χ0v) is 10.0. The molecular formula is C14H17N3. The van der Waals surface area contributed by atoms with Crippen LogP contribution in [0, 0.1) is 0 Å². The molecule has 2 N–H and O–H groups in total. The van der Waals surface area contributed by atoms with E-state index in [1.165, 1.54) is 5.56 Å². The van der Waals surface area contributed by atoms with Crippen LogP contribution < -0.4 is 10.6 Å². The van der Waals surface area contributed by atoms with E-state index in [1.54, 1.807) is 6.20 Å². The van der Waals surface area contributed by atoms with Crippen molar-refractivity contribution in [2.24, 2.45) is 0 Å².